The molecule has 0 bridgehead atoms. The minimum atomic E-state index is -0.582. The van der Waals surface area contributed by atoms with Crippen LogP contribution >= 0.6 is 0 Å². The second-order valence-electron chi connectivity index (χ2n) is 3.36. The van der Waals surface area contributed by atoms with Crippen LogP contribution in [0.4, 0.5) is 5.69 Å². The Morgan fingerprint density at radius 2 is 2.29 bits per heavy atom. The van der Waals surface area contributed by atoms with Crippen molar-refractivity contribution in [3.05, 3.63) is 39.4 Å². The summed E-state index contributed by atoms with van der Waals surface area (Å²) in [6.07, 6.45) is 0.0364. The second kappa shape index (κ2) is 5.72. The highest BCUT2D eigenvalue weighted by atomic mass is 16.6. The molecule has 0 N–H and O–H groups in total. The number of hydrogen-bond donors (Lipinski definition) is 0. The maximum atomic E-state index is 11.3. The molecule has 0 aliphatic heterocycles. The van der Waals surface area contributed by atoms with Gasteiger partial charge in [-0.2, -0.15) is 5.26 Å². The van der Waals surface area contributed by atoms with Crippen molar-refractivity contribution < 1.29 is 14.5 Å². The van der Waals surface area contributed by atoms with E-state index < -0.39 is 4.92 Å². The van der Waals surface area contributed by atoms with E-state index >= 15 is 0 Å². The predicted molar refractivity (Wildman–Crippen MR) is 58.4 cm³/mol. The van der Waals surface area contributed by atoms with Gasteiger partial charge >= 0.3 is 0 Å². The van der Waals surface area contributed by atoms with Crippen LogP contribution in [0.5, 0.6) is 0 Å². The van der Waals surface area contributed by atoms with E-state index in [4.69, 9.17) is 5.26 Å². The first kappa shape index (κ1) is 12.8. The van der Waals surface area contributed by atoms with Gasteiger partial charge in [-0.3, -0.25) is 14.9 Å². The first-order valence-corrected chi connectivity index (χ1v) is 4.76. The van der Waals surface area contributed by atoms with Gasteiger partial charge in [0, 0.05) is 25.7 Å². The Bertz CT molecular complexity index is 491. The van der Waals surface area contributed by atoms with E-state index in [2.05, 4.69) is 4.74 Å². The lowest BCUT2D eigenvalue weighted by molar-refractivity contribution is -0.384. The first-order chi connectivity index (χ1) is 8.08. The normalized spacial score (nSPS) is 9.65. The molecule has 0 spiro atoms. The minimum absolute atomic E-state index is 0.0364. The number of rotatable bonds is 5. The minimum Gasteiger partial charge on any atom is -0.377 e. The fourth-order valence-electron chi connectivity index (χ4n) is 1.36. The smallest absolute Gasteiger partial charge is 0.270 e. The lowest BCUT2D eigenvalue weighted by atomic mass is 10.0. The summed E-state index contributed by atoms with van der Waals surface area (Å²) in [4.78, 5) is 21.3. The van der Waals surface area contributed by atoms with Crippen molar-refractivity contribution in [2.45, 2.75) is 6.42 Å². The van der Waals surface area contributed by atoms with Gasteiger partial charge in [-0.1, -0.05) is 6.07 Å². The summed E-state index contributed by atoms with van der Waals surface area (Å²) in [6.45, 7) is -0.0398. The molecule has 0 unspecified atom stereocenters. The number of nitro groups is 1. The van der Waals surface area contributed by atoms with Crippen molar-refractivity contribution in [3.8, 4) is 6.07 Å². The van der Waals surface area contributed by atoms with Crippen LogP contribution < -0.4 is 0 Å². The number of non-ortho nitro benzene ring substituents is 1. The van der Waals surface area contributed by atoms with Gasteiger partial charge in [0.2, 0.25) is 0 Å². The number of carbonyl (C=O) groups excluding carboxylic acids is 1. The third-order valence-electron chi connectivity index (χ3n) is 2.12. The number of nitriles is 1. The summed E-state index contributed by atoms with van der Waals surface area (Å²) in [5.74, 6) is -0.183. The summed E-state index contributed by atoms with van der Waals surface area (Å²) in [5, 5.41) is 19.4. The lowest BCUT2D eigenvalue weighted by Gasteiger charge is -2.02. The molecule has 0 saturated carbocycles. The van der Waals surface area contributed by atoms with Gasteiger partial charge in [0.15, 0.2) is 5.78 Å². The Morgan fingerprint density at radius 1 is 1.59 bits per heavy atom. The Kier molecular flexibility index (Phi) is 4.31. The Labute approximate surface area is 97.6 Å². The molecular weight excluding hydrogens is 224 g/mol. The van der Waals surface area contributed by atoms with Gasteiger partial charge in [0.1, 0.15) is 6.61 Å². The second-order valence-corrected chi connectivity index (χ2v) is 3.36. The van der Waals surface area contributed by atoms with Gasteiger partial charge in [-0.25, -0.2) is 0 Å². The molecule has 6 nitrogen and oxygen atoms in total. The molecule has 0 saturated heterocycles. The van der Waals surface area contributed by atoms with Gasteiger partial charge in [-0.05, 0) is 5.56 Å². The van der Waals surface area contributed by atoms with Crippen LogP contribution in [0.15, 0.2) is 18.2 Å². The number of benzene rings is 1. The summed E-state index contributed by atoms with van der Waals surface area (Å²) >= 11 is 0. The SMILES string of the molecule is COCC(=O)Cc1ccc([N+](=O)[O-])cc1C#N. The summed E-state index contributed by atoms with van der Waals surface area (Å²) in [5.41, 5.74) is 0.452. The summed E-state index contributed by atoms with van der Waals surface area (Å²) < 4.78 is 4.67. The molecule has 0 heterocycles. The van der Waals surface area contributed by atoms with Gasteiger partial charge in [0.05, 0.1) is 16.6 Å². The molecule has 0 atom stereocenters. The van der Waals surface area contributed by atoms with E-state index in [1.807, 2.05) is 6.07 Å². The van der Waals surface area contributed by atoms with E-state index in [0.29, 0.717) is 5.56 Å². The zero-order chi connectivity index (χ0) is 12.8. The molecule has 0 fully saturated rings. The topological polar surface area (TPSA) is 93.2 Å². The molecular formula is C11H10N2O4. The summed E-state index contributed by atoms with van der Waals surface area (Å²) in [7, 11) is 1.40. The van der Waals surface area contributed by atoms with Crippen molar-refractivity contribution in [3.63, 3.8) is 0 Å². The third-order valence-corrected chi connectivity index (χ3v) is 2.12. The van der Waals surface area contributed by atoms with Gasteiger partial charge in [0.25, 0.3) is 5.69 Å². The Hall–Kier alpha value is -2.26. The maximum Gasteiger partial charge on any atom is 0.270 e. The average molecular weight is 234 g/mol. The van der Waals surface area contributed by atoms with Gasteiger partial charge in [-0.15, -0.1) is 0 Å². The standard InChI is InChI=1S/C11H10N2O4/c1-17-7-11(14)5-8-2-3-10(13(15)16)4-9(8)6-12/h2-4H,5,7H2,1H3. The number of ketones is 1. The van der Waals surface area contributed by atoms with Crippen LogP contribution in [-0.4, -0.2) is 24.4 Å². The number of nitro benzene ring substituents is 1. The summed E-state index contributed by atoms with van der Waals surface area (Å²) in [6, 6.07) is 5.70. The zero-order valence-electron chi connectivity index (χ0n) is 9.17. The zero-order valence-corrected chi connectivity index (χ0v) is 9.17. The van der Waals surface area contributed by atoms with E-state index in [9.17, 15) is 14.9 Å². The highest BCUT2D eigenvalue weighted by Crippen LogP contribution is 2.17. The highest BCUT2D eigenvalue weighted by Gasteiger charge is 2.12. The van der Waals surface area contributed by atoms with Crippen molar-refractivity contribution >= 4 is 11.5 Å². The Morgan fingerprint density at radius 3 is 2.82 bits per heavy atom. The van der Waals surface area contributed by atoms with Crippen LogP contribution in [0.25, 0.3) is 0 Å². The van der Waals surface area contributed by atoms with E-state index in [-0.39, 0.29) is 30.1 Å². The molecule has 0 amide bonds. The van der Waals surface area contributed by atoms with E-state index in [0.717, 1.165) is 6.07 Å². The van der Waals surface area contributed by atoms with Gasteiger partial charge < -0.3 is 4.74 Å². The van der Waals surface area contributed by atoms with Crippen LogP contribution in [0, 0.1) is 21.4 Å². The van der Waals surface area contributed by atoms with Crippen LogP contribution in [0.3, 0.4) is 0 Å². The fraction of sp³-hybridized carbons (Fsp3) is 0.273. The molecule has 0 aliphatic rings. The number of nitrogens with zero attached hydrogens (tertiary/aromatic N) is 2. The quantitative estimate of drug-likeness (QED) is 0.564. The molecule has 1 aromatic carbocycles. The number of Topliss-reactive ketones (excluding diaryl/α,β-unsaturated/α-hetero) is 1. The number of carbonyl (C=O) groups is 1. The van der Waals surface area contributed by atoms with Crippen LogP contribution in [0.1, 0.15) is 11.1 Å². The molecule has 1 aromatic rings. The molecule has 17 heavy (non-hydrogen) atoms. The molecule has 0 radical (unpaired) electrons. The van der Waals surface area contributed by atoms with E-state index in [1.54, 1.807) is 0 Å². The monoisotopic (exact) mass is 234 g/mol. The molecule has 88 valence electrons. The van der Waals surface area contributed by atoms with E-state index in [1.165, 1.54) is 19.2 Å². The molecule has 6 heteroatoms. The van der Waals surface area contributed by atoms with Crippen molar-refractivity contribution in [2.24, 2.45) is 0 Å². The predicted octanol–water partition coefficient (Wildman–Crippen LogP) is 1.22. The first-order valence-electron chi connectivity index (χ1n) is 4.76. The average Bonchev–Trinajstić information content (AvgIpc) is 2.29. The lowest BCUT2D eigenvalue weighted by Crippen LogP contribution is -2.10. The number of hydrogen-bond acceptors (Lipinski definition) is 5. The Balaban J connectivity index is 2.98. The van der Waals surface area contributed by atoms with Crippen molar-refractivity contribution in [1.29, 1.82) is 5.26 Å². The maximum absolute atomic E-state index is 11.3. The molecule has 0 aromatic heterocycles. The largest absolute Gasteiger partial charge is 0.377 e. The number of ether oxygens (including phenoxy) is 1. The van der Waals surface area contributed by atoms with Crippen molar-refractivity contribution in [1.82, 2.24) is 0 Å². The van der Waals surface area contributed by atoms with Crippen LogP contribution in [-0.2, 0) is 16.0 Å². The third kappa shape index (κ3) is 3.36. The fourth-order valence-corrected chi connectivity index (χ4v) is 1.36. The highest BCUT2D eigenvalue weighted by molar-refractivity contribution is 5.82. The number of methoxy groups -OCH3 is 1. The molecule has 0 aliphatic carbocycles. The van der Waals surface area contributed by atoms with Crippen molar-refractivity contribution in [2.75, 3.05) is 13.7 Å². The molecule has 1 rings (SSSR count). The van der Waals surface area contributed by atoms with Crippen LogP contribution in [0.2, 0.25) is 0 Å².